The molecule has 3 rings (SSSR count). The summed E-state index contributed by atoms with van der Waals surface area (Å²) in [7, 11) is 0. The van der Waals surface area contributed by atoms with Gasteiger partial charge in [-0.2, -0.15) is 0 Å². The third kappa shape index (κ3) is 1.62. The van der Waals surface area contributed by atoms with Gasteiger partial charge in [-0.3, -0.25) is 4.79 Å². The molecule has 0 spiro atoms. The Hall–Kier alpha value is -1.31. The van der Waals surface area contributed by atoms with E-state index in [0.717, 1.165) is 5.69 Å². The van der Waals surface area contributed by atoms with Gasteiger partial charge in [0.25, 0.3) is 0 Å². The second kappa shape index (κ2) is 3.93. The largest absolute Gasteiger partial charge is 0.326 e. The molecule has 2 aliphatic rings. The van der Waals surface area contributed by atoms with Crippen molar-refractivity contribution in [3.05, 3.63) is 29.8 Å². The fourth-order valence-corrected chi connectivity index (χ4v) is 3.23. The summed E-state index contributed by atoms with van der Waals surface area (Å²) in [6, 6.07) is 8.30. The standard InChI is InChI=1S/C14H17NO/c16-14-9-10-5-1-2-6-11(10)12-7-3-4-8-13(12)15-14/h3-4,7-8,10-11H,1-2,5-6,9H2,(H,15,16)/t10-,11+/m1/s1. The lowest BCUT2D eigenvalue weighted by Crippen LogP contribution is -2.19. The predicted octanol–water partition coefficient (Wildman–Crippen LogP) is 3.30. The molecule has 84 valence electrons. The van der Waals surface area contributed by atoms with E-state index in [2.05, 4.69) is 17.4 Å². The first-order valence-corrected chi connectivity index (χ1v) is 6.23. The van der Waals surface area contributed by atoms with Crippen molar-refractivity contribution in [2.75, 3.05) is 5.32 Å². The minimum atomic E-state index is 0.196. The van der Waals surface area contributed by atoms with Crippen LogP contribution in [-0.2, 0) is 4.79 Å². The quantitative estimate of drug-likeness (QED) is 0.706. The van der Waals surface area contributed by atoms with Gasteiger partial charge in [-0.15, -0.1) is 0 Å². The Balaban J connectivity index is 2.04. The average molecular weight is 215 g/mol. The summed E-state index contributed by atoms with van der Waals surface area (Å²) in [4.78, 5) is 11.8. The maximum Gasteiger partial charge on any atom is 0.224 e. The summed E-state index contributed by atoms with van der Waals surface area (Å²) in [6.45, 7) is 0. The van der Waals surface area contributed by atoms with Crippen molar-refractivity contribution in [3.63, 3.8) is 0 Å². The van der Waals surface area contributed by atoms with Crippen LogP contribution in [0.4, 0.5) is 5.69 Å². The van der Waals surface area contributed by atoms with Crippen LogP contribution in [0.3, 0.4) is 0 Å². The molecule has 1 fully saturated rings. The van der Waals surface area contributed by atoms with E-state index in [1.807, 2.05) is 12.1 Å². The van der Waals surface area contributed by atoms with Gasteiger partial charge in [-0.25, -0.2) is 0 Å². The minimum absolute atomic E-state index is 0.196. The fourth-order valence-electron chi connectivity index (χ4n) is 3.23. The van der Waals surface area contributed by atoms with Crippen LogP contribution >= 0.6 is 0 Å². The molecule has 16 heavy (non-hydrogen) atoms. The van der Waals surface area contributed by atoms with Crippen molar-refractivity contribution in [1.82, 2.24) is 0 Å². The summed E-state index contributed by atoms with van der Waals surface area (Å²) in [6.07, 6.45) is 5.77. The molecule has 1 amide bonds. The molecular formula is C14H17NO. The molecule has 1 N–H and O–H groups in total. The number of hydrogen-bond donors (Lipinski definition) is 1. The molecule has 0 bridgehead atoms. The molecule has 1 heterocycles. The van der Waals surface area contributed by atoms with Gasteiger partial charge < -0.3 is 5.32 Å². The fraction of sp³-hybridized carbons (Fsp3) is 0.500. The molecule has 1 aromatic rings. The molecule has 0 saturated heterocycles. The van der Waals surface area contributed by atoms with Gasteiger partial charge in [0.1, 0.15) is 0 Å². The molecule has 0 unspecified atom stereocenters. The van der Waals surface area contributed by atoms with Crippen molar-refractivity contribution in [2.24, 2.45) is 5.92 Å². The van der Waals surface area contributed by atoms with Gasteiger partial charge in [-0.1, -0.05) is 31.0 Å². The van der Waals surface area contributed by atoms with Crippen molar-refractivity contribution < 1.29 is 4.79 Å². The lowest BCUT2D eigenvalue weighted by molar-refractivity contribution is -0.117. The van der Waals surface area contributed by atoms with Crippen molar-refractivity contribution in [2.45, 2.75) is 38.0 Å². The van der Waals surface area contributed by atoms with Gasteiger partial charge in [-0.05, 0) is 36.3 Å². The maximum absolute atomic E-state index is 11.8. The van der Waals surface area contributed by atoms with E-state index in [0.29, 0.717) is 18.3 Å². The average Bonchev–Trinajstić information content (AvgIpc) is 2.44. The monoisotopic (exact) mass is 215 g/mol. The van der Waals surface area contributed by atoms with Crippen LogP contribution in [0.1, 0.15) is 43.6 Å². The molecule has 0 radical (unpaired) electrons. The zero-order chi connectivity index (χ0) is 11.0. The van der Waals surface area contributed by atoms with E-state index in [1.165, 1.54) is 31.2 Å². The van der Waals surface area contributed by atoms with Gasteiger partial charge in [0.15, 0.2) is 0 Å². The highest BCUT2D eigenvalue weighted by atomic mass is 16.1. The number of carbonyl (C=O) groups excluding carboxylic acids is 1. The number of amides is 1. The Morgan fingerprint density at radius 1 is 1.12 bits per heavy atom. The Morgan fingerprint density at radius 2 is 1.94 bits per heavy atom. The van der Waals surface area contributed by atoms with Crippen LogP contribution in [0.5, 0.6) is 0 Å². The molecule has 0 aromatic heterocycles. The molecule has 1 saturated carbocycles. The van der Waals surface area contributed by atoms with Crippen LogP contribution in [0, 0.1) is 5.92 Å². The van der Waals surface area contributed by atoms with Gasteiger partial charge in [0.05, 0.1) is 0 Å². The normalized spacial score (nSPS) is 28.6. The Morgan fingerprint density at radius 3 is 2.88 bits per heavy atom. The molecule has 2 heteroatoms. The van der Waals surface area contributed by atoms with Crippen LogP contribution < -0.4 is 5.32 Å². The molecule has 2 nitrogen and oxygen atoms in total. The highest BCUT2D eigenvalue weighted by molar-refractivity contribution is 5.92. The first-order valence-electron chi connectivity index (χ1n) is 6.23. The Bertz CT molecular complexity index is 413. The molecule has 1 aliphatic heterocycles. The van der Waals surface area contributed by atoms with Crippen LogP contribution in [0.2, 0.25) is 0 Å². The van der Waals surface area contributed by atoms with E-state index >= 15 is 0 Å². The number of nitrogens with one attached hydrogen (secondary N) is 1. The first-order chi connectivity index (χ1) is 7.84. The topological polar surface area (TPSA) is 29.1 Å². The number of carbonyl (C=O) groups is 1. The Kier molecular flexibility index (Phi) is 2.43. The Labute approximate surface area is 96.1 Å². The van der Waals surface area contributed by atoms with Crippen LogP contribution in [0.15, 0.2) is 24.3 Å². The number of hydrogen-bond acceptors (Lipinski definition) is 1. The van der Waals surface area contributed by atoms with Crippen molar-refractivity contribution in [3.8, 4) is 0 Å². The van der Waals surface area contributed by atoms with Gasteiger partial charge in [0.2, 0.25) is 5.91 Å². The van der Waals surface area contributed by atoms with Crippen molar-refractivity contribution in [1.29, 1.82) is 0 Å². The third-order valence-corrected chi connectivity index (χ3v) is 3.99. The van der Waals surface area contributed by atoms with E-state index in [9.17, 15) is 4.79 Å². The highest BCUT2D eigenvalue weighted by Gasteiger charge is 2.32. The molecule has 1 aliphatic carbocycles. The second-order valence-electron chi connectivity index (χ2n) is 4.99. The summed E-state index contributed by atoms with van der Waals surface area (Å²) in [5.74, 6) is 1.36. The third-order valence-electron chi connectivity index (χ3n) is 3.99. The van der Waals surface area contributed by atoms with E-state index < -0.39 is 0 Å². The maximum atomic E-state index is 11.8. The number of para-hydroxylation sites is 1. The summed E-state index contributed by atoms with van der Waals surface area (Å²) >= 11 is 0. The minimum Gasteiger partial charge on any atom is -0.326 e. The number of anilines is 1. The van der Waals surface area contributed by atoms with Crippen LogP contribution in [0.25, 0.3) is 0 Å². The highest BCUT2D eigenvalue weighted by Crippen LogP contribution is 2.43. The SMILES string of the molecule is O=C1C[C@H]2CCCC[C@@H]2c2ccccc2N1. The smallest absolute Gasteiger partial charge is 0.224 e. The number of benzene rings is 1. The van der Waals surface area contributed by atoms with Gasteiger partial charge in [0, 0.05) is 12.1 Å². The van der Waals surface area contributed by atoms with E-state index in [4.69, 9.17) is 0 Å². The summed E-state index contributed by atoms with van der Waals surface area (Å²) in [5.41, 5.74) is 2.40. The lowest BCUT2D eigenvalue weighted by atomic mass is 9.74. The number of rotatable bonds is 0. The molecule has 2 atom stereocenters. The van der Waals surface area contributed by atoms with E-state index in [1.54, 1.807) is 0 Å². The number of fused-ring (bicyclic) bond motifs is 3. The summed E-state index contributed by atoms with van der Waals surface area (Å²) in [5, 5.41) is 3.04. The molecular weight excluding hydrogens is 198 g/mol. The zero-order valence-electron chi connectivity index (χ0n) is 9.41. The molecule has 1 aromatic carbocycles. The second-order valence-corrected chi connectivity index (χ2v) is 4.99. The lowest BCUT2D eigenvalue weighted by Gasteiger charge is -2.30. The van der Waals surface area contributed by atoms with E-state index in [-0.39, 0.29) is 5.91 Å². The zero-order valence-corrected chi connectivity index (χ0v) is 9.41. The van der Waals surface area contributed by atoms with Gasteiger partial charge >= 0.3 is 0 Å². The first kappa shape index (κ1) is 9.88. The van der Waals surface area contributed by atoms with Crippen LogP contribution in [-0.4, -0.2) is 5.91 Å². The van der Waals surface area contributed by atoms with Crippen molar-refractivity contribution >= 4 is 11.6 Å². The summed E-state index contributed by atoms with van der Waals surface area (Å²) < 4.78 is 0. The predicted molar refractivity (Wildman–Crippen MR) is 64.4 cm³/mol.